The van der Waals surface area contributed by atoms with Crippen LogP contribution in [0.4, 0.5) is 5.69 Å². The van der Waals surface area contributed by atoms with Gasteiger partial charge in [-0.15, -0.1) is 0 Å². The molecule has 1 unspecified atom stereocenters. The molecule has 0 fully saturated rings. The summed E-state index contributed by atoms with van der Waals surface area (Å²) in [5.74, 6) is -0.192. The van der Waals surface area contributed by atoms with Crippen LogP contribution in [0.25, 0.3) is 5.82 Å². The van der Waals surface area contributed by atoms with E-state index in [4.69, 9.17) is 11.6 Å². The van der Waals surface area contributed by atoms with Crippen molar-refractivity contribution in [2.24, 2.45) is 5.92 Å². The number of hydrogen-bond acceptors (Lipinski definition) is 4. The quantitative estimate of drug-likeness (QED) is 0.626. The van der Waals surface area contributed by atoms with Gasteiger partial charge in [-0.1, -0.05) is 37.6 Å². The highest BCUT2D eigenvalue weighted by Crippen LogP contribution is 2.17. The molecule has 0 aliphatic rings. The Morgan fingerprint density at radius 3 is 2.40 bits per heavy atom. The molecule has 0 saturated heterocycles. The number of pyridine rings is 1. The SMILES string of the molecule is Cc1cc(C)n(-c2ccc(NC(=O)C(NC(=O)c3ccccc3Cl)C(C)C)cn2)n1. The van der Waals surface area contributed by atoms with Crippen molar-refractivity contribution in [3.8, 4) is 5.82 Å². The fourth-order valence-corrected chi connectivity index (χ4v) is 3.29. The fraction of sp³-hybridized carbons (Fsp3) is 0.273. The summed E-state index contributed by atoms with van der Waals surface area (Å²) < 4.78 is 1.74. The van der Waals surface area contributed by atoms with Crippen molar-refractivity contribution in [3.05, 3.63) is 70.6 Å². The van der Waals surface area contributed by atoms with Crippen molar-refractivity contribution < 1.29 is 9.59 Å². The van der Waals surface area contributed by atoms with E-state index in [-0.39, 0.29) is 11.8 Å². The Labute approximate surface area is 180 Å². The van der Waals surface area contributed by atoms with Gasteiger partial charge < -0.3 is 10.6 Å². The van der Waals surface area contributed by atoms with Crippen molar-refractivity contribution in [1.29, 1.82) is 0 Å². The van der Waals surface area contributed by atoms with Gasteiger partial charge in [0, 0.05) is 5.69 Å². The van der Waals surface area contributed by atoms with E-state index in [2.05, 4.69) is 20.7 Å². The number of halogens is 1. The van der Waals surface area contributed by atoms with E-state index in [1.165, 1.54) is 0 Å². The first-order chi connectivity index (χ1) is 14.3. The van der Waals surface area contributed by atoms with Gasteiger partial charge >= 0.3 is 0 Å². The third-order valence-electron chi connectivity index (χ3n) is 4.60. The number of aryl methyl sites for hydroxylation is 2. The second-order valence-electron chi connectivity index (χ2n) is 7.41. The van der Waals surface area contributed by atoms with Gasteiger partial charge in [-0.2, -0.15) is 5.10 Å². The van der Waals surface area contributed by atoms with Gasteiger partial charge in [0.15, 0.2) is 5.82 Å². The molecule has 8 heteroatoms. The number of hydrogen-bond donors (Lipinski definition) is 2. The fourth-order valence-electron chi connectivity index (χ4n) is 3.07. The molecule has 2 aromatic heterocycles. The molecule has 156 valence electrons. The maximum atomic E-state index is 12.8. The molecule has 2 amide bonds. The predicted molar refractivity (Wildman–Crippen MR) is 117 cm³/mol. The number of anilines is 1. The van der Waals surface area contributed by atoms with Crippen molar-refractivity contribution >= 4 is 29.1 Å². The summed E-state index contributed by atoms with van der Waals surface area (Å²) in [7, 11) is 0. The molecule has 0 radical (unpaired) electrons. The van der Waals surface area contributed by atoms with Crippen LogP contribution in [0.2, 0.25) is 5.02 Å². The van der Waals surface area contributed by atoms with Crippen LogP contribution in [-0.4, -0.2) is 32.6 Å². The summed E-state index contributed by atoms with van der Waals surface area (Å²) >= 11 is 6.09. The summed E-state index contributed by atoms with van der Waals surface area (Å²) in [5, 5.41) is 10.3. The first-order valence-corrected chi connectivity index (χ1v) is 10.00. The molecule has 1 atom stereocenters. The third-order valence-corrected chi connectivity index (χ3v) is 4.93. The Hall–Kier alpha value is -3.19. The van der Waals surface area contributed by atoms with Crippen LogP contribution in [0.1, 0.15) is 35.6 Å². The van der Waals surface area contributed by atoms with Gasteiger partial charge in [-0.05, 0) is 50.1 Å². The molecule has 3 rings (SSSR count). The van der Waals surface area contributed by atoms with Crippen LogP contribution in [0.3, 0.4) is 0 Å². The second-order valence-corrected chi connectivity index (χ2v) is 7.82. The van der Waals surface area contributed by atoms with Crippen molar-refractivity contribution in [3.63, 3.8) is 0 Å². The summed E-state index contributed by atoms with van der Waals surface area (Å²) in [6.45, 7) is 7.59. The van der Waals surface area contributed by atoms with Crippen LogP contribution >= 0.6 is 11.6 Å². The Morgan fingerprint density at radius 1 is 1.10 bits per heavy atom. The topological polar surface area (TPSA) is 88.9 Å². The minimum Gasteiger partial charge on any atom is -0.340 e. The molecule has 3 aromatic rings. The monoisotopic (exact) mass is 425 g/mol. The first-order valence-electron chi connectivity index (χ1n) is 9.62. The highest BCUT2D eigenvalue weighted by molar-refractivity contribution is 6.33. The predicted octanol–water partition coefficient (Wildman–Crippen LogP) is 3.93. The van der Waals surface area contributed by atoms with Gasteiger partial charge in [0.25, 0.3) is 5.91 Å². The molecular formula is C22H24ClN5O2. The minimum absolute atomic E-state index is 0.127. The Balaban J connectivity index is 1.71. The lowest BCUT2D eigenvalue weighted by molar-refractivity contribution is -0.118. The average molecular weight is 426 g/mol. The Morgan fingerprint density at radius 2 is 1.83 bits per heavy atom. The largest absolute Gasteiger partial charge is 0.340 e. The van der Waals surface area contributed by atoms with Gasteiger partial charge in [0.1, 0.15) is 6.04 Å². The summed E-state index contributed by atoms with van der Waals surface area (Å²) in [6, 6.07) is 11.5. The van der Waals surface area contributed by atoms with Crippen molar-refractivity contribution in [2.45, 2.75) is 33.7 Å². The van der Waals surface area contributed by atoms with Gasteiger partial charge in [0.2, 0.25) is 5.91 Å². The summed E-state index contributed by atoms with van der Waals surface area (Å²) in [5.41, 5.74) is 2.73. The molecule has 0 spiro atoms. The van der Waals surface area contributed by atoms with E-state index in [0.29, 0.717) is 22.1 Å². The molecule has 7 nitrogen and oxygen atoms in total. The maximum Gasteiger partial charge on any atom is 0.253 e. The number of carbonyl (C=O) groups excluding carboxylic acids is 2. The van der Waals surface area contributed by atoms with Crippen LogP contribution in [0.5, 0.6) is 0 Å². The number of nitrogens with one attached hydrogen (secondary N) is 2. The zero-order valence-electron chi connectivity index (χ0n) is 17.3. The van der Waals surface area contributed by atoms with Crippen molar-refractivity contribution in [1.82, 2.24) is 20.1 Å². The number of aromatic nitrogens is 3. The second kappa shape index (κ2) is 9.09. The summed E-state index contributed by atoms with van der Waals surface area (Å²) in [6.07, 6.45) is 1.57. The van der Waals surface area contributed by atoms with Gasteiger partial charge in [0.05, 0.1) is 28.2 Å². The molecule has 2 N–H and O–H groups in total. The van der Waals surface area contributed by atoms with E-state index in [0.717, 1.165) is 11.4 Å². The smallest absolute Gasteiger partial charge is 0.253 e. The zero-order chi connectivity index (χ0) is 21.8. The van der Waals surface area contributed by atoms with Crippen LogP contribution in [0.15, 0.2) is 48.7 Å². The number of nitrogens with zero attached hydrogens (tertiary/aromatic N) is 3. The van der Waals surface area contributed by atoms with E-state index in [1.807, 2.05) is 33.8 Å². The van der Waals surface area contributed by atoms with Crippen LogP contribution < -0.4 is 10.6 Å². The normalized spacial score (nSPS) is 11.9. The molecule has 0 aliphatic heterocycles. The number of amides is 2. The standard InChI is InChI=1S/C22H24ClN5O2/c1-13(2)20(26-21(29)17-7-5-6-8-18(17)23)22(30)25-16-9-10-19(24-12-16)28-15(4)11-14(3)27-28/h5-13,20H,1-4H3,(H,25,30)(H,26,29). The number of rotatable bonds is 6. The minimum atomic E-state index is -0.732. The number of benzene rings is 1. The molecule has 30 heavy (non-hydrogen) atoms. The Kier molecular flexibility index (Phi) is 6.52. The highest BCUT2D eigenvalue weighted by atomic mass is 35.5. The van der Waals surface area contributed by atoms with E-state index in [1.54, 1.807) is 47.3 Å². The molecular weight excluding hydrogens is 402 g/mol. The molecule has 0 bridgehead atoms. The lowest BCUT2D eigenvalue weighted by Gasteiger charge is -2.22. The molecule has 0 saturated carbocycles. The van der Waals surface area contributed by atoms with Gasteiger partial charge in [-0.25, -0.2) is 9.67 Å². The van der Waals surface area contributed by atoms with E-state index >= 15 is 0 Å². The van der Waals surface area contributed by atoms with E-state index < -0.39 is 11.9 Å². The van der Waals surface area contributed by atoms with Crippen LogP contribution in [0, 0.1) is 19.8 Å². The van der Waals surface area contributed by atoms with Crippen molar-refractivity contribution in [2.75, 3.05) is 5.32 Å². The molecule has 2 heterocycles. The highest BCUT2D eigenvalue weighted by Gasteiger charge is 2.25. The maximum absolute atomic E-state index is 12.8. The van der Waals surface area contributed by atoms with Gasteiger partial charge in [-0.3, -0.25) is 9.59 Å². The van der Waals surface area contributed by atoms with Crippen LogP contribution in [-0.2, 0) is 4.79 Å². The zero-order valence-corrected chi connectivity index (χ0v) is 18.1. The van der Waals surface area contributed by atoms with E-state index in [9.17, 15) is 9.59 Å². The molecule has 1 aromatic carbocycles. The number of carbonyl (C=O) groups is 2. The Bertz CT molecular complexity index is 1060. The lowest BCUT2D eigenvalue weighted by atomic mass is 10.0. The summed E-state index contributed by atoms with van der Waals surface area (Å²) in [4.78, 5) is 29.8. The third kappa shape index (κ3) is 4.86. The lowest BCUT2D eigenvalue weighted by Crippen LogP contribution is -2.47. The average Bonchev–Trinajstić information content (AvgIpc) is 3.04. The molecule has 0 aliphatic carbocycles. The first kappa shape index (κ1) is 21.5.